The van der Waals surface area contributed by atoms with Crippen molar-refractivity contribution in [3.05, 3.63) is 101 Å². The number of carboxylic acid groups (broad SMARTS) is 1. The number of rotatable bonds is 9. The monoisotopic (exact) mass is 548 g/mol. The summed E-state index contributed by atoms with van der Waals surface area (Å²) in [5.74, 6) is -1.90. The maximum absolute atomic E-state index is 14.0. The average Bonchev–Trinajstić information content (AvgIpc) is 3.16. The molecule has 1 saturated heterocycles. The molecule has 1 aliphatic rings. The van der Waals surface area contributed by atoms with Gasteiger partial charge in [0.05, 0.1) is 28.1 Å². The number of benzene rings is 3. The molecule has 0 spiro atoms. The Balaban J connectivity index is 1.76. The van der Waals surface area contributed by atoms with Crippen molar-refractivity contribution in [1.82, 2.24) is 9.62 Å². The number of carbonyl (C=O) groups is 1. The second-order valence-corrected chi connectivity index (χ2v) is 13.0. The lowest BCUT2D eigenvalue weighted by molar-refractivity contribution is 0.0696. The Kier molecular flexibility index (Phi) is 7.82. The largest absolute Gasteiger partial charge is 0.478 e. The zero-order valence-electron chi connectivity index (χ0n) is 19.1. The smallest absolute Gasteiger partial charge is 0.335 e. The fourth-order valence-electron chi connectivity index (χ4n) is 4.26. The molecule has 4 rings (SSSR count). The molecular weight excluding hydrogens is 524 g/mol. The first-order chi connectivity index (χ1) is 17.1. The van der Waals surface area contributed by atoms with Gasteiger partial charge in [-0.05, 0) is 29.3 Å². The number of aromatic carboxylic acids is 1. The van der Waals surface area contributed by atoms with E-state index in [0.717, 1.165) is 15.9 Å². The molecule has 2 atom stereocenters. The van der Waals surface area contributed by atoms with Gasteiger partial charge in [0.2, 0.25) is 10.0 Å². The number of sulfonamides is 1. The third kappa shape index (κ3) is 5.96. The lowest BCUT2D eigenvalue weighted by atomic mass is 10.1. The van der Waals surface area contributed by atoms with Crippen molar-refractivity contribution in [1.29, 1.82) is 0 Å². The molecule has 0 amide bonds. The number of sulfone groups is 1. The summed E-state index contributed by atoms with van der Waals surface area (Å²) < 4.78 is 54.5. The molecule has 8 nitrogen and oxygen atoms in total. The van der Waals surface area contributed by atoms with E-state index in [-0.39, 0.29) is 33.5 Å². The van der Waals surface area contributed by atoms with E-state index in [1.165, 1.54) is 12.1 Å². The summed E-state index contributed by atoms with van der Waals surface area (Å²) in [7, 11) is -7.96. The summed E-state index contributed by atoms with van der Waals surface area (Å²) >= 11 is 6.24. The van der Waals surface area contributed by atoms with Gasteiger partial charge < -0.3 is 10.4 Å². The molecule has 1 fully saturated rings. The van der Waals surface area contributed by atoms with Crippen molar-refractivity contribution in [2.24, 2.45) is 0 Å². The topological polar surface area (TPSA) is 121 Å². The molecule has 0 saturated carbocycles. The molecule has 2 N–H and O–H groups in total. The number of carboxylic acids is 1. The van der Waals surface area contributed by atoms with Crippen molar-refractivity contribution < 1.29 is 26.7 Å². The second kappa shape index (κ2) is 10.7. The van der Waals surface area contributed by atoms with Gasteiger partial charge >= 0.3 is 5.97 Å². The molecule has 0 radical (unpaired) electrons. The van der Waals surface area contributed by atoms with E-state index in [0.29, 0.717) is 12.1 Å². The highest BCUT2D eigenvalue weighted by Gasteiger charge is 2.45. The van der Waals surface area contributed by atoms with E-state index < -0.39 is 37.9 Å². The Morgan fingerprint density at radius 1 is 0.972 bits per heavy atom. The molecule has 3 aromatic rings. The standard InChI is InChI=1S/C25H25ClN2O6S2/c26-21-12-11-20(25(29)30)13-24(21)36(33,34)28(15-19-9-5-2-6-10-19)23-17-35(31,32)16-22(23)27-14-18-7-3-1-4-8-18/h1-13,22-23,27H,14-17H2,(H,29,30)/t22-,23+/m1/s1. The first-order valence-electron chi connectivity index (χ1n) is 11.1. The van der Waals surface area contributed by atoms with E-state index in [1.54, 1.807) is 30.3 Å². The molecule has 190 valence electrons. The van der Waals surface area contributed by atoms with E-state index >= 15 is 0 Å². The minimum Gasteiger partial charge on any atom is -0.478 e. The van der Waals surface area contributed by atoms with Gasteiger partial charge in [0.15, 0.2) is 9.84 Å². The average molecular weight is 549 g/mol. The zero-order chi connectivity index (χ0) is 25.9. The summed E-state index contributed by atoms with van der Waals surface area (Å²) in [6, 6.07) is 20.0. The molecule has 1 heterocycles. The van der Waals surface area contributed by atoms with Gasteiger partial charge in [-0.15, -0.1) is 0 Å². The van der Waals surface area contributed by atoms with Crippen LogP contribution in [-0.4, -0.2) is 55.8 Å². The third-order valence-corrected chi connectivity index (χ3v) is 10.1. The van der Waals surface area contributed by atoms with Crippen molar-refractivity contribution in [3.8, 4) is 0 Å². The van der Waals surface area contributed by atoms with Gasteiger partial charge in [-0.2, -0.15) is 4.31 Å². The molecule has 11 heteroatoms. The SMILES string of the molecule is O=C(O)c1ccc(Cl)c(S(=O)(=O)N(Cc2ccccc2)[C@H]2CS(=O)(=O)C[C@H]2NCc2ccccc2)c1. The van der Waals surface area contributed by atoms with Crippen LogP contribution in [0.15, 0.2) is 83.8 Å². The Hall–Kier alpha value is -2.76. The Labute approximate surface area is 215 Å². The number of hydrogen-bond donors (Lipinski definition) is 2. The first-order valence-corrected chi connectivity index (χ1v) is 14.8. The van der Waals surface area contributed by atoms with Crippen LogP contribution in [0.5, 0.6) is 0 Å². The van der Waals surface area contributed by atoms with Crippen LogP contribution < -0.4 is 5.32 Å². The Bertz CT molecular complexity index is 1450. The van der Waals surface area contributed by atoms with Crippen molar-refractivity contribution in [3.63, 3.8) is 0 Å². The van der Waals surface area contributed by atoms with Crippen molar-refractivity contribution >= 4 is 37.4 Å². The molecule has 0 aromatic heterocycles. The second-order valence-electron chi connectivity index (χ2n) is 8.60. The van der Waals surface area contributed by atoms with E-state index in [9.17, 15) is 26.7 Å². The minimum absolute atomic E-state index is 0.111. The van der Waals surface area contributed by atoms with Gasteiger partial charge in [-0.25, -0.2) is 21.6 Å². The highest BCUT2D eigenvalue weighted by atomic mass is 35.5. The summed E-state index contributed by atoms with van der Waals surface area (Å²) in [5, 5.41) is 12.5. The predicted octanol–water partition coefficient (Wildman–Crippen LogP) is 3.18. The fraction of sp³-hybridized carbons (Fsp3) is 0.240. The molecule has 0 unspecified atom stereocenters. The summed E-state index contributed by atoms with van der Waals surface area (Å²) in [6.07, 6.45) is 0. The van der Waals surface area contributed by atoms with Gasteiger partial charge in [0.25, 0.3) is 0 Å². The summed E-state index contributed by atoms with van der Waals surface area (Å²) in [5.41, 5.74) is 1.34. The fourth-order valence-corrected chi connectivity index (χ4v) is 8.46. The number of nitrogens with one attached hydrogen (secondary N) is 1. The molecular formula is C25H25ClN2O6S2. The van der Waals surface area contributed by atoms with Gasteiger partial charge in [-0.1, -0.05) is 72.3 Å². The zero-order valence-corrected chi connectivity index (χ0v) is 21.5. The van der Waals surface area contributed by atoms with E-state index in [4.69, 9.17) is 11.6 Å². The molecule has 1 aliphatic heterocycles. The molecule has 36 heavy (non-hydrogen) atoms. The van der Waals surface area contributed by atoms with Crippen LogP contribution in [0.2, 0.25) is 5.02 Å². The highest BCUT2D eigenvalue weighted by Crippen LogP contribution is 2.32. The first kappa shape index (κ1) is 26.3. The van der Waals surface area contributed by atoms with Gasteiger partial charge in [-0.3, -0.25) is 0 Å². The lowest BCUT2D eigenvalue weighted by Crippen LogP contribution is -2.51. The van der Waals surface area contributed by atoms with Crippen LogP contribution in [0, 0.1) is 0 Å². The van der Waals surface area contributed by atoms with Crippen molar-refractivity contribution in [2.45, 2.75) is 30.1 Å². The summed E-state index contributed by atoms with van der Waals surface area (Å²) in [4.78, 5) is 11.1. The normalized spacial score (nSPS) is 19.4. The maximum Gasteiger partial charge on any atom is 0.335 e. The van der Waals surface area contributed by atoms with Gasteiger partial charge in [0, 0.05) is 19.1 Å². The maximum atomic E-state index is 14.0. The van der Waals surface area contributed by atoms with Gasteiger partial charge in [0.1, 0.15) is 4.90 Å². The molecule has 0 aliphatic carbocycles. The van der Waals surface area contributed by atoms with E-state index in [1.807, 2.05) is 30.3 Å². The van der Waals surface area contributed by atoms with Crippen molar-refractivity contribution in [2.75, 3.05) is 11.5 Å². The summed E-state index contributed by atoms with van der Waals surface area (Å²) in [6.45, 7) is 0.243. The minimum atomic E-state index is -4.40. The van der Waals surface area contributed by atoms with Crippen LogP contribution in [0.4, 0.5) is 0 Å². The Morgan fingerprint density at radius 2 is 1.58 bits per heavy atom. The van der Waals surface area contributed by atoms with Crippen LogP contribution in [0.3, 0.4) is 0 Å². The highest BCUT2D eigenvalue weighted by molar-refractivity contribution is 7.92. The Morgan fingerprint density at radius 3 is 2.19 bits per heavy atom. The number of nitrogens with zero attached hydrogens (tertiary/aromatic N) is 1. The lowest BCUT2D eigenvalue weighted by Gasteiger charge is -2.32. The third-order valence-electron chi connectivity index (χ3n) is 6.05. The van der Waals surface area contributed by atoms with Crippen LogP contribution in [0.1, 0.15) is 21.5 Å². The number of hydrogen-bond acceptors (Lipinski definition) is 6. The quantitative estimate of drug-likeness (QED) is 0.421. The molecule has 0 bridgehead atoms. The number of halogens is 1. The van der Waals surface area contributed by atoms with Crippen LogP contribution in [0.25, 0.3) is 0 Å². The molecule has 3 aromatic carbocycles. The van der Waals surface area contributed by atoms with Crippen LogP contribution >= 0.6 is 11.6 Å². The van der Waals surface area contributed by atoms with Crippen LogP contribution in [-0.2, 0) is 33.0 Å². The van der Waals surface area contributed by atoms with E-state index in [2.05, 4.69) is 5.32 Å². The predicted molar refractivity (Wildman–Crippen MR) is 137 cm³/mol.